The van der Waals surface area contributed by atoms with Gasteiger partial charge in [0.2, 0.25) is 5.88 Å². The zero-order valence-electron chi connectivity index (χ0n) is 7.58. The molecule has 13 heavy (non-hydrogen) atoms. The van der Waals surface area contributed by atoms with Crippen LogP contribution in [0.4, 0.5) is 0 Å². The van der Waals surface area contributed by atoms with Crippen LogP contribution in [0, 0.1) is 6.92 Å². The quantitative estimate of drug-likeness (QED) is 0.635. The molecule has 0 unspecified atom stereocenters. The molecule has 2 heterocycles. The molecule has 2 rings (SSSR count). The average Bonchev–Trinajstić information content (AvgIpc) is 2.15. The summed E-state index contributed by atoms with van der Waals surface area (Å²) in [6.07, 6.45) is 2.87. The van der Waals surface area contributed by atoms with Gasteiger partial charge >= 0.3 is 0 Å². The monoisotopic (exact) mass is 180 g/mol. The molecule has 0 aliphatic carbocycles. The molecule has 0 radical (unpaired) electrons. The van der Waals surface area contributed by atoms with Crippen LogP contribution in [0.25, 0.3) is 0 Å². The van der Waals surface area contributed by atoms with Gasteiger partial charge in [0.1, 0.15) is 5.82 Å². The summed E-state index contributed by atoms with van der Waals surface area (Å²) in [5.41, 5.74) is 0.257. The Hall–Kier alpha value is -1.32. The van der Waals surface area contributed by atoms with Gasteiger partial charge in [-0.1, -0.05) is 0 Å². The molecule has 0 saturated carbocycles. The lowest BCUT2D eigenvalue weighted by Gasteiger charge is -2.17. The topological polar surface area (TPSA) is 55.1 Å². The summed E-state index contributed by atoms with van der Waals surface area (Å²) >= 11 is 0. The van der Waals surface area contributed by atoms with Crippen LogP contribution < -0.4 is 5.56 Å². The van der Waals surface area contributed by atoms with Crippen LogP contribution in [0.15, 0.2) is 4.79 Å². The standard InChI is InChI=1S/C9H12N2O2/c1-6-8(12)10-7-4-2-3-5-11(7)9(6)13/h12H,2-5H2,1H3. The molecule has 0 amide bonds. The zero-order chi connectivity index (χ0) is 9.42. The molecule has 0 fully saturated rings. The molecule has 0 aromatic carbocycles. The Morgan fingerprint density at radius 2 is 2.23 bits per heavy atom. The SMILES string of the molecule is Cc1c(O)nc2n(c1=O)CCCC2. The van der Waals surface area contributed by atoms with E-state index in [1.165, 1.54) is 0 Å². The zero-order valence-corrected chi connectivity index (χ0v) is 7.58. The predicted molar refractivity (Wildman–Crippen MR) is 47.8 cm³/mol. The van der Waals surface area contributed by atoms with Crippen molar-refractivity contribution in [2.45, 2.75) is 32.7 Å². The van der Waals surface area contributed by atoms with Crippen molar-refractivity contribution in [1.29, 1.82) is 0 Å². The second kappa shape index (κ2) is 2.87. The van der Waals surface area contributed by atoms with E-state index in [0.29, 0.717) is 5.56 Å². The van der Waals surface area contributed by atoms with Crippen LogP contribution in [0.2, 0.25) is 0 Å². The molecule has 4 heteroatoms. The lowest BCUT2D eigenvalue weighted by Crippen LogP contribution is -2.29. The van der Waals surface area contributed by atoms with Gasteiger partial charge < -0.3 is 5.11 Å². The maximum absolute atomic E-state index is 11.6. The fourth-order valence-corrected chi connectivity index (χ4v) is 1.66. The Kier molecular flexibility index (Phi) is 1.83. The van der Waals surface area contributed by atoms with Crippen molar-refractivity contribution >= 4 is 0 Å². The number of hydrogen-bond donors (Lipinski definition) is 1. The Labute approximate surface area is 75.9 Å². The second-order valence-electron chi connectivity index (χ2n) is 3.39. The highest BCUT2D eigenvalue weighted by atomic mass is 16.3. The minimum Gasteiger partial charge on any atom is -0.493 e. The van der Waals surface area contributed by atoms with Crippen LogP contribution in [-0.2, 0) is 13.0 Å². The van der Waals surface area contributed by atoms with E-state index in [9.17, 15) is 9.90 Å². The molecule has 0 saturated heterocycles. The summed E-state index contributed by atoms with van der Waals surface area (Å²) in [4.78, 5) is 15.6. The van der Waals surface area contributed by atoms with Gasteiger partial charge in [0.15, 0.2) is 0 Å². The fraction of sp³-hybridized carbons (Fsp3) is 0.556. The summed E-state index contributed by atoms with van der Waals surface area (Å²) in [6, 6.07) is 0. The first kappa shape index (κ1) is 8.29. The van der Waals surface area contributed by atoms with Crippen molar-refractivity contribution in [3.05, 3.63) is 21.7 Å². The molecular formula is C9H12N2O2. The number of hydrogen-bond acceptors (Lipinski definition) is 3. The number of aryl methyl sites for hydroxylation is 1. The van der Waals surface area contributed by atoms with Crippen molar-refractivity contribution in [1.82, 2.24) is 9.55 Å². The third-order valence-electron chi connectivity index (χ3n) is 2.48. The lowest BCUT2D eigenvalue weighted by molar-refractivity contribution is 0.419. The predicted octanol–water partition coefficient (Wildman–Crippen LogP) is 0.594. The molecule has 1 aliphatic rings. The van der Waals surface area contributed by atoms with Crippen LogP contribution >= 0.6 is 0 Å². The maximum Gasteiger partial charge on any atom is 0.260 e. The Morgan fingerprint density at radius 1 is 1.46 bits per heavy atom. The minimum atomic E-state index is -0.113. The molecule has 0 spiro atoms. The number of aromatic hydroxyl groups is 1. The molecule has 1 N–H and O–H groups in total. The third-order valence-corrected chi connectivity index (χ3v) is 2.48. The molecule has 1 aromatic rings. The van der Waals surface area contributed by atoms with E-state index in [2.05, 4.69) is 4.98 Å². The summed E-state index contributed by atoms with van der Waals surface area (Å²) in [5, 5.41) is 9.33. The summed E-state index contributed by atoms with van der Waals surface area (Å²) in [7, 11) is 0. The highest BCUT2D eigenvalue weighted by Crippen LogP contribution is 2.14. The van der Waals surface area contributed by atoms with E-state index >= 15 is 0 Å². The number of nitrogens with zero attached hydrogens (tertiary/aromatic N) is 2. The van der Waals surface area contributed by atoms with Crippen LogP contribution in [0.3, 0.4) is 0 Å². The molecule has 0 atom stereocenters. The average molecular weight is 180 g/mol. The van der Waals surface area contributed by atoms with Gasteiger partial charge in [0.05, 0.1) is 5.56 Å². The lowest BCUT2D eigenvalue weighted by atomic mass is 10.1. The van der Waals surface area contributed by atoms with E-state index in [4.69, 9.17) is 0 Å². The molecular weight excluding hydrogens is 168 g/mol. The second-order valence-corrected chi connectivity index (χ2v) is 3.39. The summed E-state index contributed by atoms with van der Waals surface area (Å²) < 4.78 is 1.67. The summed E-state index contributed by atoms with van der Waals surface area (Å²) in [5.74, 6) is 0.609. The summed E-state index contributed by atoms with van der Waals surface area (Å²) in [6.45, 7) is 2.34. The van der Waals surface area contributed by atoms with E-state index in [1.807, 2.05) is 0 Å². The van der Waals surface area contributed by atoms with Crippen molar-refractivity contribution in [2.24, 2.45) is 0 Å². The van der Waals surface area contributed by atoms with Gasteiger partial charge in [-0.25, -0.2) is 0 Å². The molecule has 4 nitrogen and oxygen atoms in total. The first-order valence-electron chi connectivity index (χ1n) is 4.49. The fourth-order valence-electron chi connectivity index (χ4n) is 1.66. The van der Waals surface area contributed by atoms with E-state index in [0.717, 1.165) is 31.6 Å². The van der Waals surface area contributed by atoms with E-state index < -0.39 is 0 Å². The van der Waals surface area contributed by atoms with E-state index in [1.54, 1.807) is 11.5 Å². The molecule has 1 aliphatic heterocycles. The van der Waals surface area contributed by atoms with Crippen molar-refractivity contribution in [2.75, 3.05) is 0 Å². The Balaban J connectivity index is 2.68. The highest BCUT2D eigenvalue weighted by molar-refractivity contribution is 5.21. The maximum atomic E-state index is 11.6. The van der Waals surface area contributed by atoms with Gasteiger partial charge in [-0.2, -0.15) is 4.98 Å². The van der Waals surface area contributed by atoms with Gasteiger partial charge in [-0.15, -0.1) is 0 Å². The van der Waals surface area contributed by atoms with Gasteiger partial charge in [0, 0.05) is 13.0 Å². The number of fused-ring (bicyclic) bond motifs is 1. The van der Waals surface area contributed by atoms with Gasteiger partial charge in [0.25, 0.3) is 5.56 Å². The normalized spacial score (nSPS) is 15.5. The van der Waals surface area contributed by atoms with Crippen molar-refractivity contribution in [3.8, 4) is 5.88 Å². The number of aromatic nitrogens is 2. The van der Waals surface area contributed by atoms with Gasteiger partial charge in [-0.3, -0.25) is 9.36 Å². The first-order valence-corrected chi connectivity index (χ1v) is 4.49. The Morgan fingerprint density at radius 3 is 3.00 bits per heavy atom. The number of rotatable bonds is 0. The van der Waals surface area contributed by atoms with Crippen molar-refractivity contribution in [3.63, 3.8) is 0 Å². The van der Waals surface area contributed by atoms with Crippen LogP contribution in [0.5, 0.6) is 5.88 Å². The smallest absolute Gasteiger partial charge is 0.260 e. The largest absolute Gasteiger partial charge is 0.493 e. The highest BCUT2D eigenvalue weighted by Gasteiger charge is 2.15. The molecule has 0 bridgehead atoms. The molecule has 70 valence electrons. The van der Waals surface area contributed by atoms with E-state index in [-0.39, 0.29) is 11.4 Å². The van der Waals surface area contributed by atoms with Crippen LogP contribution in [0.1, 0.15) is 24.2 Å². The van der Waals surface area contributed by atoms with Crippen molar-refractivity contribution < 1.29 is 5.11 Å². The van der Waals surface area contributed by atoms with Gasteiger partial charge in [-0.05, 0) is 19.8 Å². The molecule has 1 aromatic heterocycles. The first-order chi connectivity index (χ1) is 6.20. The minimum absolute atomic E-state index is 0.0952. The Bertz CT molecular complexity index is 395. The van der Waals surface area contributed by atoms with Crippen LogP contribution in [-0.4, -0.2) is 14.7 Å². The third kappa shape index (κ3) is 1.22.